The number of benzene rings is 3. The van der Waals surface area contributed by atoms with E-state index < -0.39 is 5.97 Å². The topological polar surface area (TPSA) is 95.2 Å². The first-order valence-electron chi connectivity index (χ1n) is 11.2. The van der Waals surface area contributed by atoms with Gasteiger partial charge >= 0.3 is 5.97 Å². The van der Waals surface area contributed by atoms with E-state index in [9.17, 15) is 14.7 Å². The van der Waals surface area contributed by atoms with Gasteiger partial charge in [0.15, 0.2) is 0 Å². The minimum absolute atomic E-state index is 0.176. The third-order valence-corrected chi connectivity index (χ3v) is 6.15. The van der Waals surface area contributed by atoms with Crippen molar-refractivity contribution in [2.75, 3.05) is 6.61 Å². The lowest BCUT2D eigenvalue weighted by Crippen LogP contribution is -2.04. The van der Waals surface area contributed by atoms with Gasteiger partial charge in [0, 0.05) is 28.6 Å². The molecule has 0 unspecified atom stereocenters. The lowest BCUT2D eigenvalue weighted by atomic mass is 9.98. The van der Waals surface area contributed by atoms with Crippen LogP contribution in [0, 0.1) is 6.92 Å². The number of H-pyrrole nitrogens is 2. The maximum Gasteiger partial charge on any atom is 0.352 e. The molecule has 0 amide bonds. The molecule has 0 aliphatic heterocycles. The van der Waals surface area contributed by atoms with E-state index in [1.807, 2.05) is 67.6 Å². The van der Waals surface area contributed by atoms with E-state index in [0.29, 0.717) is 19.4 Å². The molecular formula is C28H24N2O4. The molecule has 0 saturated carbocycles. The zero-order valence-corrected chi connectivity index (χ0v) is 18.7. The van der Waals surface area contributed by atoms with Crippen molar-refractivity contribution in [3.05, 3.63) is 100 Å². The third-order valence-electron chi connectivity index (χ3n) is 6.15. The lowest BCUT2D eigenvalue weighted by molar-refractivity contribution is 0.0690. The van der Waals surface area contributed by atoms with Crippen molar-refractivity contribution < 1.29 is 14.6 Å². The number of carbonyl (C=O) groups is 1. The Hall–Kier alpha value is -4.32. The van der Waals surface area contributed by atoms with Crippen LogP contribution in [0.3, 0.4) is 0 Å². The van der Waals surface area contributed by atoms with Crippen LogP contribution < -0.4 is 10.3 Å². The van der Waals surface area contributed by atoms with Crippen LogP contribution in [-0.4, -0.2) is 27.7 Å². The van der Waals surface area contributed by atoms with Crippen LogP contribution in [0.2, 0.25) is 0 Å². The Balaban J connectivity index is 1.44. The number of aryl methyl sites for hydroxylation is 2. The summed E-state index contributed by atoms with van der Waals surface area (Å²) in [4.78, 5) is 29.8. The number of ether oxygens (including phenoxy) is 1. The van der Waals surface area contributed by atoms with Crippen molar-refractivity contribution in [2.24, 2.45) is 0 Å². The molecule has 3 aromatic carbocycles. The molecule has 0 saturated heterocycles. The summed E-state index contributed by atoms with van der Waals surface area (Å²) in [5.41, 5.74) is 3.93. The number of hydrogen-bond donors (Lipinski definition) is 3. The molecular weight excluding hydrogens is 428 g/mol. The fourth-order valence-corrected chi connectivity index (χ4v) is 4.53. The molecule has 0 atom stereocenters. The zero-order valence-electron chi connectivity index (χ0n) is 18.7. The summed E-state index contributed by atoms with van der Waals surface area (Å²) in [5, 5.41) is 12.9. The molecule has 3 N–H and O–H groups in total. The normalized spacial score (nSPS) is 11.2. The fourth-order valence-electron chi connectivity index (χ4n) is 4.53. The summed E-state index contributed by atoms with van der Waals surface area (Å²) in [6.07, 6.45) is 2.87. The number of carboxylic acid groups (broad SMARTS) is 1. The molecule has 5 aromatic rings. The second-order valence-corrected chi connectivity index (χ2v) is 8.34. The van der Waals surface area contributed by atoms with Crippen LogP contribution in [0.1, 0.15) is 28.0 Å². The number of aromatic amines is 2. The summed E-state index contributed by atoms with van der Waals surface area (Å²) in [6.45, 7) is 2.38. The Bertz CT molecular complexity index is 1570. The number of aromatic nitrogens is 2. The Morgan fingerprint density at radius 3 is 2.59 bits per heavy atom. The van der Waals surface area contributed by atoms with Crippen molar-refractivity contribution >= 4 is 27.6 Å². The smallest absolute Gasteiger partial charge is 0.352 e. The number of carboxylic acids is 1. The Morgan fingerprint density at radius 1 is 0.971 bits per heavy atom. The standard InChI is InChI=1S/C28H24N2O4/c1-17-16-29-25(31)15-23(17)22-11-5-10-20-21(27(28(32)33)30-26(20)22)12-6-14-34-24-13-4-8-18-7-2-3-9-19(18)24/h2-5,7-11,13,15-16,30H,6,12,14H2,1H3,(H,29,31)(H,32,33). The lowest BCUT2D eigenvalue weighted by Gasteiger charge is -2.10. The maximum absolute atomic E-state index is 12.0. The Kier molecular flexibility index (Phi) is 5.64. The molecule has 170 valence electrons. The van der Waals surface area contributed by atoms with Crippen LogP contribution >= 0.6 is 0 Å². The van der Waals surface area contributed by atoms with Crippen molar-refractivity contribution in [3.63, 3.8) is 0 Å². The molecule has 0 spiro atoms. The first-order valence-corrected chi connectivity index (χ1v) is 11.2. The van der Waals surface area contributed by atoms with Gasteiger partial charge in [-0.1, -0.05) is 54.6 Å². The van der Waals surface area contributed by atoms with Crippen molar-refractivity contribution in [3.8, 4) is 16.9 Å². The summed E-state index contributed by atoms with van der Waals surface area (Å²) in [6, 6.07) is 21.3. The molecule has 6 nitrogen and oxygen atoms in total. The first-order chi connectivity index (χ1) is 16.5. The maximum atomic E-state index is 12.0. The van der Waals surface area contributed by atoms with Gasteiger partial charge in [-0.25, -0.2) is 4.79 Å². The highest BCUT2D eigenvalue weighted by Crippen LogP contribution is 2.33. The van der Waals surface area contributed by atoms with Gasteiger partial charge in [0.05, 0.1) is 12.1 Å². The molecule has 0 aliphatic carbocycles. The summed E-state index contributed by atoms with van der Waals surface area (Å²) >= 11 is 0. The molecule has 2 heterocycles. The van der Waals surface area contributed by atoms with E-state index >= 15 is 0 Å². The highest BCUT2D eigenvalue weighted by Gasteiger charge is 2.19. The highest BCUT2D eigenvalue weighted by atomic mass is 16.5. The minimum atomic E-state index is -1.00. The highest BCUT2D eigenvalue weighted by molar-refractivity contribution is 6.03. The number of fused-ring (bicyclic) bond motifs is 2. The van der Waals surface area contributed by atoms with E-state index in [1.165, 1.54) is 0 Å². The van der Waals surface area contributed by atoms with E-state index in [2.05, 4.69) is 9.97 Å². The van der Waals surface area contributed by atoms with E-state index in [1.54, 1.807) is 12.3 Å². The van der Waals surface area contributed by atoms with Crippen LogP contribution in [0.4, 0.5) is 0 Å². The monoisotopic (exact) mass is 452 g/mol. The molecule has 0 aliphatic rings. The average molecular weight is 453 g/mol. The molecule has 2 aromatic heterocycles. The largest absolute Gasteiger partial charge is 0.493 e. The number of para-hydroxylation sites is 1. The van der Waals surface area contributed by atoms with Crippen LogP contribution in [0.15, 0.2) is 77.7 Å². The summed E-state index contributed by atoms with van der Waals surface area (Å²) < 4.78 is 6.06. The van der Waals surface area contributed by atoms with Gasteiger partial charge < -0.3 is 19.8 Å². The van der Waals surface area contributed by atoms with Crippen molar-refractivity contribution in [1.29, 1.82) is 0 Å². The van der Waals surface area contributed by atoms with Gasteiger partial charge in [0.2, 0.25) is 5.56 Å². The zero-order chi connectivity index (χ0) is 23.7. The van der Waals surface area contributed by atoms with Crippen LogP contribution in [-0.2, 0) is 6.42 Å². The number of aromatic carboxylic acids is 1. The van der Waals surface area contributed by atoms with Crippen molar-refractivity contribution in [2.45, 2.75) is 19.8 Å². The van der Waals surface area contributed by atoms with Gasteiger partial charge in [-0.2, -0.15) is 0 Å². The predicted molar refractivity (Wildman–Crippen MR) is 134 cm³/mol. The first kappa shape index (κ1) is 21.5. The molecule has 34 heavy (non-hydrogen) atoms. The molecule has 0 fully saturated rings. The SMILES string of the molecule is Cc1c[nH]c(=O)cc1-c1cccc2c(CCCOc3cccc4ccccc34)c(C(=O)O)[nH]c12. The molecule has 6 heteroatoms. The quantitative estimate of drug-likeness (QED) is 0.276. The molecule has 5 rings (SSSR count). The van der Waals surface area contributed by atoms with E-state index in [0.717, 1.165) is 49.7 Å². The Morgan fingerprint density at radius 2 is 1.74 bits per heavy atom. The second kappa shape index (κ2) is 8.90. The Labute approximate surface area is 195 Å². The van der Waals surface area contributed by atoms with Crippen molar-refractivity contribution in [1.82, 2.24) is 9.97 Å². The molecule has 0 bridgehead atoms. The van der Waals surface area contributed by atoms with Gasteiger partial charge in [-0.15, -0.1) is 0 Å². The average Bonchev–Trinajstić information content (AvgIpc) is 3.22. The number of rotatable bonds is 7. The summed E-state index contributed by atoms with van der Waals surface area (Å²) in [5.74, 6) is -0.183. The number of pyridine rings is 1. The van der Waals surface area contributed by atoms with Gasteiger partial charge in [0.1, 0.15) is 11.4 Å². The minimum Gasteiger partial charge on any atom is -0.493 e. The molecule has 0 radical (unpaired) electrons. The van der Waals surface area contributed by atoms with Gasteiger partial charge in [-0.3, -0.25) is 4.79 Å². The van der Waals surface area contributed by atoms with E-state index in [-0.39, 0.29) is 11.3 Å². The van der Waals surface area contributed by atoms with Crippen LogP contribution in [0.25, 0.3) is 32.8 Å². The number of nitrogens with one attached hydrogen (secondary N) is 2. The van der Waals surface area contributed by atoms with Gasteiger partial charge in [-0.05, 0) is 47.9 Å². The van der Waals surface area contributed by atoms with Crippen LogP contribution in [0.5, 0.6) is 5.75 Å². The predicted octanol–water partition coefficient (Wildman–Crippen LogP) is 5.69. The van der Waals surface area contributed by atoms with Gasteiger partial charge in [0.25, 0.3) is 0 Å². The fraction of sp³-hybridized carbons (Fsp3) is 0.143. The van der Waals surface area contributed by atoms with E-state index in [4.69, 9.17) is 4.74 Å². The second-order valence-electron chi connectivity index (χ2n) is 8.34. The summed E-state index contributed by atoms with van der Waals surface area (Å²) in [7, 11) is 0. The third kappa shape index (κ3) is 3.94. The number of hydrogen-bond acceptors (Lipinski definition) is 3.